The summed E-state index contributed by atoms with van der Waals surface area (Å²) in [6.07, 6.45) is 0.602. The minimum atomic E-state index is 0.219. The number of hydrogen-bond acceptors (Lipinski definition) is 2. The van der Waals surface area contributed by atoms with Crippen molar-refractivity contribution in [2.45, 2.75) is 46.2 Å². The Morgan fingerprint density at radius 1 is 1.28 bits per heavy atom. The molecule has 0 spiro atoms. The van der Waals surface area contributed by atoms with Crippen molar-refractivity contribution in [3.8, 4) is 0 Å². The van der Waals surface area contributed by atoms with E-state index in [9.17, 15) is 4.79 Å². The predicted octanol–water partition coefficient (Wildman–Crippen LogP) is 2.41. The summed E-state index contributed by atoms with van der Waals surface area (Å²) in [5, 5.41) is 3.44. The van der Waals surface area contributed by atoms with Crippen LogP contribution in [0.3, 0.4) is 0 Å². The van der Waals surface area contributed by atoms with Gasteiger partial charge in [0.2, 0.25) is 5.91 Å². The highest BCUT2D eigenvalue weighted by atomic mass is 16.2. The number of aryl methyl sites for hydroxylation is 2. The van der Waals surface area contributed by atoms with Crippen LogP contribution in [0.4, 0.5) is 5.69 Å². The van der Waals surface area contributed by atoms with Crippen molar-refractivity contribution < 1.29 is 4.79 Å². The second-order valence-corrected chi connectivity index (χ2v) is 5.50. The van der Waals surface area contributed by atoms with Crippen LogP contribution in [0, 0.1) is 13.8 Å². The first kappa shape index (κ1) is 13.1. The summed E-state index contributed by atoms with van der Waals surface area (Å²) >= 11 is 0. The molecule has 0 bridgehead atoms. The summed E-state index contributed by atoms with van der Waals surface area (Å²) in [5.74, 6) is 0.219. The van der Waals surface area contributed by atoms with Crippen LogP contribution < -0.4 is 10.2 Å². The fraction of sp³-hybridized carbons (Fsp3) is 0.533. The Labute approximate surface area is 109 Å². The summed E-state index contributed by atoms with van der Waals surface area (Å²) in [5.41, 5.74) is 3.53. The Kier molecular flexibility index (Phi) is 3.71. The molecule has 1 heterocycles. The minimum Gasteiger partial charge on any atom is -0.311 e. The van der Waals surface area contributed by atoms with Gasteiger partial charge < -0.3 is 10.2 Å². The number of rotatable bonds is 3. The third kappa shape index (κ3) is 2.72. The van der Waals surface area contributed by atoms with Gasteiger partial charge in [-0.05, 0) is 37.1 Å². The molecule has 1 aromatic rings. The van der Waals surface area contributed by atoms with Crippen LogP contribution in [0.5, 0.6) is 0 Å². The fourth-order valence-electron chi connectivity index (χ4n) is 2.43. The van der Waals surface area contributed by atoms with Gasteiger partial charge in [0, 0.05) is 30.7 Å². The third-order valence-corrected chi connectivity index (χ3v) is 3.50. The van der Waals surface area contributed by atoms with Crippen LogP contribution >= 0.6 is 0 Å². The molecular formula is C15H22N2O. The number of nitrogens with zero attached hydrogens (tertiary/aromatic N) is 1. The molecule has 1 atom stereocenters. The third-order valence-electron chi connectivity index (χ3n) is 3.50. The molecule has 2 rings (SSSR count). The normalized spacial score (nSPS) is 19.9. The molecule has 1 aliphatic heterocycles. The number of amides is 1. The van der Waals surface area contributed by atoms with Gasteiger partial charge in [0.1, 0.15) is 0 Å². The van der Waals surface area contributed by atoms with Crippen molar-refractivity contribution in [2.75, 3.05) is 11.4 Å². The molecule has 3 heteroatoms. The zero-order valence-corrected chi connectivity index (χ0v) is 11.7. The summed E-state index contributed by atoms with van der Waals surface area (Å²) < 4.78 is 0. The lowest BCUT2D eigenvalue weighted by Gasteiger charge is -2.19. The van der Waals surface area contributed by atoms with Crippen LogP contribution in [0.1, 0.15) is 31.4 Å². The fourth-order valence-corrected chi connectivity index (χ4v) is 2.43. The Bertz CT molecular complexity index is 454. The molecule has 18 heavy (non-hydrogen) atoms. The maximum Gasteiger partial charge on any atom is 0.228 e. The van der Waals surface area contributed by atoms with E-state index in [4.69, 9.17) is 0 Å². The van der Waals surface area contributed by atoms with Crippen LogP contribution in [0.25, 0.3) is 0 Å². The maximum atomic E-state index is 12.0. The van der Waals surface area contributed by atoms with E-state index in [0.29, 0.717) is 12.5 Å². The second-order valence-electron chi connectivity index (χ2n) is 5.50. The van der Waals surface area contributed by atoms with E-state index in [0.717, 1.165) is 12.2 Å². The first-order chi connectivity index (χ1) is 8.47. The molecule has 1 N–H and O–H groups in total. The average molecular weight is 246 g/mol. The average Bonchev–Trinajstić information content (AvgIpc) is 2.62. The molecule has 0 aromatic heterocycles. The highest BCUT2D eigenvalue weighted by Gasteiger charge is 2.30. The highest BCUT2D eigenvalue weighted by Crippen LogP contribution is 2.24. The van der Waals surface area contributed by atoms with Crippen LogP contribution in [-0.2, 0) is 4.79 Å². The summed E-state index contributed by atoms with van der Waals surface area (Å²) in [4.78, 5) is 13.9. The molecule has 1 aliphatic rings. The van der Waals surface area contributed by atoms with Gasteiger partial charge in [0.05, 0.1) is 0 Å². The number of carbonyl (C=O) groups excluding carboxylic acids is 1. The van der Waals surface area contributed by atoms with E-state index in [-0.39, 0.29) is 11.9 Å². The van der Waals surface area contributed by atoms with E-state index in [1.807, 2.05) is 11.0 Å². The van der Waals surface area contributed by atoms with Crippen molar-refractivity contribution in [3.05, 3.63) is 29.3 Å². The molecule has 0 radical (unpaired) electrons. The first-order valence-electron chi connectivity index (χ1n) is 6.61. The number of hydrogen-bond donors (Lipinski definition) is 1. The topological polar surface area (TPSA) is 32.3 Å². The van der Waals surface area contributed by atoms with E-state index >= 15 is 0 Å². The zero-order valence-electron chi connectivity index (χ0n) is 11.7. The predicted molar refractivity (Wildman–Crippen MR) is 74.9 cm³/mol. The number of nitrogens with one attached hydrogen (secondary N) is 1. The van der Waals surface area contributed by atoms with Crippen LogP contribution in [0.15, 0.2) is 18.2 Å². The lowest BCUT2D eigenvalue weighted by atomic mass is 10.1. The summed E-state index contributed by atoms with van der Waals surface area (Å²) in [6, 6.07) is 6.92. The molecular weight excluding hydrogens is 224 g/mol. The van der Waals surface area contributed by atoms with E-state index < -0.39 is 0 Å². The van der Waals surface area contributed by atoms with Crippen molar-refractivity contribution in [1.82, 2.24) is 5.32 Å². The van der Waals surface area contributed by atoms with Gasteiger partial charge in [-0.15, -0.1) is 0 Å². The minimum absolute atomic E-state index is 0.219. The SMILES string of the molecule is Cc1ccc(N2CC(NC(C)C)CC2=O)cc1C. The molecule has 1 aromatic carbocycles. The van der Waals surface area contributed by atoms with E-state index in [1.54, 1.807) is 0 Å². The smallest absolute Gasteiger partial charge is 0.228 e. The number of benzene rings is 1. The summed E-state index contributed by atoms with van der Waals surface area (Å²) in [6.45, 7) is 9.18. The number of anilines is 1. The first-order valence-corrected chi connectivity index (χ1v) is 6.61. The molecule has 0 aliphatic carbocycles. The van der Waals surface area contributed by atoms with E-state index in [2.05, 4.69) is 45.1 Å². The molecule has 1 amide bonds. The van der Waals surface area contributed by atoms with E-state index in [1.165, 1.54) is 11.1 Å². The van der Waals surface area contributed by atoms with Crippen molar-refractivity contribution in [3.63, 3.8) is 0 Å². The van der Waals surface area contributed by atoms with Gasteiger partial charge in [-0.2, -0.15) is 0 Å². The van der Waals surface area contributed by atoms with Gasteiger partial charge in [0.15, 0.2) is 0 Å². The van der Waals surface area contributed by atoms with Gasteiger partial charge >= 0.3 is 0 Å². The largest absolute Gasteiger partial charge is 0.311 e. The number of carbonyl (C=O) groups is 1. The van der Waals surface area contributed by atoms with Crippen molar-refractivity contribution >= 4 is 11.6 Å². The lowest BCUT2D eigenvalue weighted by molar-refractivity contribution is -0.117. The van der Waals surface area contributed by atoms with Crippen LogP contribution in [-0.4, -0.2) is 24.5 Å². The standard InChI is InChI=1S/C15H22N2O/c1-10(2)16-13-8-15(18)17(9-13)14-6-5-11(3)12(4)7-14/h5-7,10,13,16H,8-9H2,1-4H3. The van der Waals surface area contributed by atoms with Crippen LogP contribution in [0.2, 0.25) is 0 Å². The Morgan fingerprint density at radius 2 is 2.00 bits per heavy atom. The lowest BCUT2D eigenvalue weighted by Crippen LogP contribution is -2.37. The van der Waals surface area contributed by atoms with Gasteiger partial charge in [0.25, 0.3) is 0 Å². The maximum absolute atomic E-state index is 12.0. The van der Waals surface area contributed by atoms with Gasteiger partial charge in [-0.25, -0.2) is 0 Å². The van der Waals surface area contributed by atoms with Gasteiger partial charge in [-0.3, -0.25) is 4.79 Å². The second kappa shape index (κ2) is 5.11. The zero-order chi connectivity index (χ0) is 13.3. The van der Waals surface area contributed by atoms with Gasteiger partial charge in [-0.1, -0.05) is 19.9 Å². The Morgan fingerprint density at radius 3 is 2.61 bits per heavy atom. The molecule has 98 valence electrons. The molecule has 1 saturated heterocycles. The molecule has 1 fully saturated rings. The van der Waals surface area contributed by atoms with Crippen molar-refractivity contribution in [2.24, 2.45) is 0 Å². The van der Waals surface area contributed by atoms with Crippen molar-refractivity contribution in [1.29, 1.82) is 0 Å². The molecule has 1 unspecified atom stereocenters. The summed E-state index contributed by atoms with van der Waals surface area (Å²) in [7, 11) is 0. The Balaban J connectivity index is 2.14. The molecule has 0 saturated carbocycles. The Hall–Kier alpha value is -1.35. The monoisotopic (exact) mass is 246 g/mol. The quantitative estimate of drug-likeness (QED) is 0.888. The highest BCUT2D eigenvalue weighted by molar-refractivity contribution is 5.96. The molecule has 3 nitrogen and oxygen atoms in total.